The van der Waals surface area contributed by atoms with Crippen LogP contribution in [-0.2, 0) is 11.2 Å². The fourth-order valence-electron chi connectivity index (χ4n) is 2.46. The maximum absolute atomic E-state index is 11.2. The van der Waals surface area contributed by atoms with Crippen molar-refractivity contribution < 1.29 is 4.79 Å². The fourth-order valence-corrected chi connectivity index (χ4v) is 2.46. The molecule has 2 heterocycles. The number of pyridine rings is 1. The zero-order valence-corrected chi connectivity index (χ0v) is 8.86. The van der Waals surface area contributed by atoms with Crippen LogP contribution in [0.2, 0.25) is 0 Å². The number of carbonyl (C=O) groups is 1. The lowest BCUT2D eigenvalue weighted by Gasteiger charge is -2.17. The van der Waals surface area contributed by atoms with Crippen LogP contribution in [0.25, 0.3) is 5.70 Å². The van der Waals surface area contributed by atoms with Gasteiger partial charge in [-0.3, -0.25) is 9.78 Å². The van der Waals surface area contributed by atoms with Gasteiger partial charge >= 0.3 is 0 Å². The lowest BCUT2D eigenvalue weighted by atomic mass is 9.93. The Bertz CT molecular complexity index is 493. The minimum absolute atomic E-state index is 0.252. The van der Waals surface area contributed by atoms with Gasteiger partial charge in [-0.2, -0.15) is 0 Å². The summed E-state index contributed by atoms with van der Waals surface area (Å²) in [6.07, 6.45) is 4.54. The van der Waals surface area contributed by atoms with E-state index in [4.69, 9.17) is 5.73 Å². The molecule has 16 heavy (non-hydrogen) atoms. The fraction of sp³-hybridized carbons (Fsp3) is 0.333. The molecule has 0 saturated carbocycles. The quantitative estimate of drug-likeness (QED) is 0.720. The third kappa shape index (κ3) is 1.30. The Labute approximate surface area is 93.6 Å². The molecule has 3 N–H and O–H groups in total. The number of hydrogen-bond donors (Lipinski definition) is 2. The van der Waals surface area contributed by atoms with Crippen molar-refractivity contribution in [3.63, 3.8) is 0 Å². The molecule has 1 aliphatic carbocycles. The predicted molar refractivity (Wildman–Crippen MR) is 60.2 cm³/mol. The predicted octanol–water partition coefficient (Wildman–Crippen LogP) is 0.586. The maximum Gasteiger partial charge on any atom is 0.240 e. The number of nitrogens with two attached hydrogens (primary N) is 1. The van der Waals surface area contributed by atoms with Crippen LogP contribution >= 0.6 is 0 Å². The second-order valence-corrected chi connectivity index (χ2v) is 4.29. The van der Waals surface area contributed by atoms with Gasteiger partial charge in [-0.25, -0.2) is 0 Å². The summed E-state index contributed by atoms with van der Waals surface area (Å²) in [6.45, 7) is 0. The van der Waals surface area contributed by atoms with Gasteiger partial charge < -0.3 is 11.1 Å². The number of carbonyl (C=O) groups excluding carboxylic acids is 1. The number of hydrogen-bond acceptors (Lipinski definition) is 3. The van der Waals surface area contributed by atoms with E-state index in [1.807, 2.05) is 6.07 Å². The Morgan fingerprint density at radius 2 is 2.38 bits per heavy atom. The zero-order valence-electron chi connectivity index (χ0n) is 8.86. The van der Waals surface area contributed by atoms with Gasteiger partial charge in [-0.1, -0.05) is 6.07 Å². The molecule has 1 unspecified atom stereocenters. The minimum atomic E-state index is -0.285. The minimum Gasteiger partial charge on any atom is -0.372 e. The van der Waals surface area contributed by atoms with Gasteiger partial charge in [-0.15, -0.1) is 0 Å². The highest BCUT2D eigenvalue weighted by atomic mass is 16.1. The van der Waals surface area contributed by atoms with E-state index in [0.717, 1.165) is 30.7 Å². The number of amides is 1. The molecule has 1 amide bonds. The van der Waals surface area contributed by atoms with Gasteiger partial charge in [0.05, 0.1) is 11.4 Å². The third-order valence-electron chi connectivity index (χ3n) is 3.29. The van der Waals surface area contributed by atoms with Crippen LogP contribution in [0.1, 0.15) is 24.1 Å². The van der Waals surface area contributed by atoms with E-state index < -0.39 is 0 Å². The average Bonchev–Trinajstić information content (AvgIpc) is 2.73. The lowest BCUT2D eigenvalue weighted by Crippen LogP contribution is -2.36. The Kier molecular flexibility index (Phi) is 1.96. The number of primary amides is 1. The number of aryl methyl sites for hydroxylation is 1. The molecule has 1 aromatic rings. The summed E-state index contributed by atoms with van der Waals surface area (Å²) in [5.74, 6) is -0.285. The molecule has 1 aromatic heterocycles. The highest BCUT2D eigenvalue weighted by Gasteiger charge is 2.31. The van der Waals surface area contributed by atoms with E-state index in [-0.39, 0.29) is 11.9 Å². The van der Waals surface area contributed by atoms with Crippen LogP contribution in [0.5, 0.6) is 0 Å². The first kappa shape index (κ1) is 9.39. The number of fused-ring (bicyclic) bond motifs is 2. The van der Waals surface area contributed by atoms with Gasteiger partial charge in [0.1, 0.15) is 6.04 Å². The van der Waals surface area contributed by atoms with Gasteiger partial charge in [0.2, 0.25) is 5.91 Å². The normalized spacial score (nSPS) is 22.4. The highest BCUT2D eigenvalue weighted by molar-refractivity contribution is 5.86. The van der Waals surface area contributed by atoms with E-state index in [1.165, 1.54) is 11.1 Å². The topological polar surface area (TPSA) is 68.0 Å². The summed E-state index contributed by atoms with van der Waals surface area (Å²) >= 11 is 0. The number of rotatable bonds is 1. The van der Waals surface area contributed by atoms with E-state index in [1.54, 1.807) is 6.20 Å². The summed E-state index contributed by atoms with van der Waals surface area (Å²) in [5, 5.41) is 3.19. The van der Waals surface area contributed by atoms with Crippen molar-refractivity contribution in [3.8, 4) is 0 Å². The Morgan fingerprint density at radius 3 is 3.19 bits per heavy atom. The van der Waals surface area contributed by atoms with E-state index in [0.29, 0.717) is 0 Å². The molecule has 0 fully saturated rings. The summed E-state index contributed by atoms with van der Waals surface area (Å²) in [4.78, 5) is 15.6. The first-order valence-electron chi connectivity index (χ1n) is 5.48. The van der Waals surface area contributed by atoms with Crippen molar-refractivity contribution in [3.05, 3.63) is 35.2 Å². The third-order valence-corrected chi connectivity index (χ3v) is 3.29. The van der Waals surface area contributed by atoms with E-state index in [2.05, 4.69) is 16.4 Å². The zero-order chi connectivity index (χ0) is 11.1. The molecular formula is C12H13N3O. The summed E-state index contributed by atoms with van der Waals surface area (Å²) in [5.41, 5.74) is 9.89. The van der Waals surface area contributed by atoms with Crippen molar-refractivity contribution >= 4 is 11.6 Å². The van der Waals surface area contributed by atoms with Crippen LogP contribution in [0.4, 0.5) is 0 Å². The van der Waals surface area contributed by atoms with Gasteiger partial charge in [0.15, 0.2) is 0 Å². The first-order chi connectivity index (χ1) is 7.75. The van der Waals surface area contributed by atoms with Crippen molar-refractivity contribution in [2.24, 2.45) is 5.73 Å². The first-order valence-corrected chi connectivity index (χ1v) is 5.48. The average molecular weight is 215 g/mol. The second kappa shape index (κ2) is 3.33. The molecule has 0 bridgehead atoms. The van der Waals surface area contributed by atoms with Crippen molar-refractivity contribution in [2.75, 3.05) is 0 Å². The van der Waals surface area contributed by atoms with Crippen molar-refractivity contribution in [2.45, 2.75) is 25.3 Å². The number of aromatic nitrogens is 1. The Morgan fingerprint density at radius 1 is 1.50 bits per heavy atom. The van der Waals surface area contributed by atoms with Crippen molar-refractivity contribution in [1.29, 1.82) is 0 Å². The molecule has 0 saturated heterocycles. The largest absolute Gasteiger partial charge is 0.372 e. The molecular weight excluding hydrogens is 202 g/mol. The SMILES string of the molecule is NC(=O)C1CC2=C(N1)c1ncccc1CC2. The van der Waals surface area contributed by atoms with Gasteiger partial charge in [0.25, 0.3) is 0 Å². The second-order valence-electron chi connectivity index (χ2n) is 4.29. The lowest BCUT2D eigenvalue weighted by molar-refractivity contribution is -0.119. The molecule has 4 nitrogen and oxygen atoms in total. The monoisotopic (exact) mass is 215 g/mol. The molecule has 0 radical (unpaired) electrons. The molecule has 0 aromatic carbocycles. The maximum atomic E-state index is 11.2. The van der Waals surface area contributed by atoms with Crippen LogP contribution in [0, 0.1) is 0 Å². The van der Waals surface area contributed by atoms with Crippen LogP contribution in [0.15, 0.2) is 23.9 Å². The molecule has 3 rings (SSSR count). The molecule has 1 aliphatic heterocycles. The summed E-state index contributed by atoms with van der Waals surface area (Å²) in [7, 11) is 0. The molecule has 0 spiro atoms. The summed E-state index contributed by atoms with van der Waals surface area (Å²) < 4.78 is 0. The van der Waals surface area contributed by atoms with Crippen LogP contribution in [-0.4, -0.2) is 16.9 Å². The van der Waals surface area contributed by atoms with Gasteiger partial charge in [0, 0.05) is 6.20 Å². The highest BCUT2D eigenvalue weighted by Crippen LogP contribution is 2.34. The number of nitrogens with one attached hydrogen (secondary N) is 1. The molecule has 1 atom stereocenters. The Balaban J connectivity index is 2.00. The molecule has 2 aliphatic rings. The summed E-state index contributed by atoms with van der Waals surface area (Å²) in [6, 6.07) is 3.79. The van der Waals surface area contributed by atoms with Crippen molar-refractivity contribution in [1.82, 2.24) is 10.3 Å². The van der Waals surface area contributed by atoms with Crippen LogP contribution in [0.3, 0.4) is 0 Å². The Hall–Kier alpha value is -1.84. The van der Waals surface area contributed by atoms with E-state index in [9.17, 15) is 4.79 Å². The van der Waals surface area contributed by atoms with E-state index >= 15 is 0 Å². The molecule has 82 valence electrons. The smallest absolute Gasteiger partial charge is 0.240 e. The standard InChI is InChI=1S/C12H13N3O/c13-12(16)9-6-8-4-3-7-2-1-5-14-10(7)11(8)15-9/h1-2,5,9,15H,3-4,6H2,(H2,13,16). The van der Waals surface area contributed by atoms with Gasteiger partial charge in [-0.05, 0) is 36.5 Å². The van der Waals surface area contributed by atoms with Crippen LogP contribution < -0.4 is 11.1 Å². The molecule has 4 heteroatoms. The number of nitrogens with zero attached hydrogens (tertiary/aromatic N) is 1.